The zero-order valence-corrected chi connectivity index (χ0v) is 11.8. The summed E-state index contributed by atoms with van der Waals surface area (Å²) in [5.41, 5.74) is 7.82. The molecule has 1 heterocycles. The molecule has 0 aliphatic rings. The van der Waals surface area contributed by atoms with Crippen LogP contribution in [0.25, 0.3) is 5.69 Å². The number of carbonyl (C=O) groups is 1. The summed E-state index contributed by atoms with van der Waals surface area (Å²) in [6, 6.07) is 11.5. The van der Waals surface area contributed by atoms with Gasteiger partial charge in [0, 0.05) is 12.2 Å². The Kier molecular flexibility index (Phi) is 4.53. The number of benzene rings is 1. The first-order valence-electron chi connectivity index (χ1n) is 6.72. The van der Waals surface area contributed by atoms with Crippen molar-refractivity contribution in [2.24, 2.45) is 11.7 Å². The Morgan fingerprint density at radius 3 is 2.75 bits per heavy atom. The number of para-hydroxylation sites is 1. The Morgan fingerprint density at radius 1 is 1.40 bits per heavy atom. The Bertz CT molecular complexity index is 577. The minimum atomic E-state index is -0.164. The van der Waals surface area contributed by atoms with Gasteiger partial charge in [0.25, 0.3) is 5.91 Å². The second kappa shape index (κ2) is 6.34. The van der Waals surface area contributed by atoms with E-state index in [4.69, 9.17) is 5.73 Å². The van der Waals surface area contributed by atoms with Gasteiger partial charge in [0.1, 0.15) is 0 Å². The number of nitrogens with zero attached hydrogens (tertiary/aromatic N) is 2. The van der Waals surface area contributed by atoms with E-state index < -0.39 is 0 Å². The molecule has 5 heteroatoms. The second-order valence-corrected chi connectivity index (χ2v) is 4.97. The third-order valence-electron chi connectivity index (χ3n) is 3.13. The van der Waals surface area contributed by atoms with Gasteiger partial charge in [0.05, 0.1) is 5.69 Å². The molecule has 1 amide bonds. The molecule has 20 heavy (non-hydrogen) atoms. The number of rotatable bonds is 5. The minimum absolute atomic E-state index is 0.164. The van der Waals surface area contributed by atoms with E-state index in [2.05, 4.69) is 10.4 Å². The largest absolute Gasteiger partial charge is 0.350 e. The molecule has 0 aliphatic heterocycles. The number of aryl methyl sites for hydroxylation is 1. The number of nitrogens with two attached hydrogens (primary N) is 1. The highest BCUT2D eigenvalue weighted by molar-refractivity contribution is 5.92. The van der Waals surface area contributed by atoms with E-state index in [1.807, 2.05) is 44.2 Å². The highest BCUT2D eigenvalue weighted by atomic mass is 16.1. The van der Waals surface area contributed by atoms with Crippen molar-refractivity contribution in [2.45, 2.75) is 13.8 Å². The molecule has 2 aromatic rings. The predicted octanol–water partition coefficient (Wildman–Crippen LogP) is 1.51. The Morgan fingerprint density at radius 2 is 2.10 bits per heavy atom. The smallest absolute Gasteiger partial charge is 0.271 e. The van der Waals surface area contributed by atoms with Crippen LogP contribution in [0.5, 0.6) is 0 Å². The summed E-state index contributed by atoms with van der Waals surface area (Å²) in [5.74, 6) is 0.0966. The molecule has 2 rings (SSSR count). The number of nitrogens with one attached hydrogen (secondary N) is 1. The van der Waals surface area contributed by atoms with Crippen molar-refractivity contribution >= 4 is 5.91 Å². The van der Waals surface area contributed by atoms with Gasteiger partial charge in [0.2, 0.25) is 0 Å². The standard InChI is InChI=1S/C15H20N4O/c1-11(9-16)10-17-15(20)14-8-12(2)19(18-14)13-6-4-3-5-7-13/h3-8,11H,9-10,16H2,1-2H3,(H,17,20). The van der Waals surface area contributed by atoms with Crippen molar-refractivity contribution in [3.63, 3.8) is 0 Å². The molecule has 1 aromatic carbocycles. The highest BCUT2D eigenvalue weighted by Gasteiger charge is 2.13. The lowest BCUT2D eigenvalue weighted by Gasteiger charge is -2.08. The molecule has 0 bridgehead atoms. The van der Waals surface area contributed by atoms with Crippen LogP contribution in [0.2, 0.25) is 0 Å². The van der Waals surface area contributed by atoms with Gasteiger partial charge in [-0.2, -0.15) is 5.10 Å². The van der Waals surface area contributed by atoms with Gasteiger partial charge in [-0.15, -0.1) is 0 Å². The quantitative estimate of drug-likeness (QED) is 0.866. The fraction of sp³-hybridized carbons (Fsp3) is 0.333. The van der Waals surface area contributed by atoms with Crippen LogP contribution < -0.4 is 11.1 Å². The van der Waals surface area contributed by atoms with Gasteiger partial charge < -0.3 is 11.1 Å². The summed E-state index contributed by atoms with van der Waals surface area (Å²) in [6.07, 6.45) is 0. The van der Waals surface area contributed by atoms with Crippen molar-refractivity contribution in [2.75, 3.05) is 13.1 Å². The normalized spacial score (nSPS) is 12.2. The first-order chi connectivity index (χ1) is 9.61. The fourth-order valence-corrected chi connectivity index (χ4v) is 1.86. The van der Waals surface area contributed by atoms with Crippen LogP contribution in [-0.2, 0) is 0 Å². The van der Waals surface area contributed by atoms with Crippen LogP contribution >= 0.6 is 0 Å². The number of amides is 1. The summed E-state index contributed by atoms with van der Waals surface area (Å²) in [5, 5.41) is 7.20. The molecular formula is C15H20N4O. The third-order valence-corrected chi connectivity index (χ3v) is 3.13. The van der Waals surface area contributed by atoms with Crippen molar-refractivity contribution in [3.8, 4) is 5.69 Å². The lowest BCUT2D eigenvalue weighted by molar-refractivity contribution is 0.0943. The predicted molar refractivity (Wildman–Crippen MR) is 78.9 cm³/mol. The molecule has 0 radical (unpaired) electrons. The Labute approximate surface area is 118 Å². The number of hydrogen-bond donors (Lipinski definition) is 2. The van der Waals surface area contributed by atoms with Gasteiger partial charge in [-0.25, -0.2) is 4.68 Å². The summed E-state index contributed by atoms with van der Waals surface area (Å²) in [7, 11) is 0. The summed E-state index contributed by atoms with van der Waals surface area (Å²) in [6.45, 7) is 5.04. The van der Waals surface area contributed by atoms with Gasteiger partial charge >= 0.3 is 0 Å². The van der Waals surface area contributed by atoms with E-state index in [0.717, 1.165) is 11.4 Å². The molecule has 0 spiro atoms. The zero-order chi connectivity index (χ0) is 14.5. The molecule has 5 nitrogen and oxygen atoms in total. The Balaban J connectivity index is 2.13. The van der Waals surface area contributed by atoms with Crippen LogP contribution in [0.4, 0.5) is 0 Å². The molecular weight excluding hydrogens is 252 g/mol. The van der Waals surface area contributed by atoms with E-state index in [-0.39, 0.29) is 11.8 Å². The minimum Gasteiger partial charge on any atom is -0.350 e. The molecule has 0 saturated carbocycles. The molecule has 0 saturated heterocycles. The van der Waals surface area contributed by atoms with Crippen molar-refractivity contribution in [3.05, 3.63) is 47.8 Å². The van der Waals surface area contributed by atoms with Gasteiger partial charge in [0.15, 0.2) is 5.69 Å². The summed E-state index contributed by atoms with van der Waals surface area (Å²) < 4.78 is 1.77. The SMILES string of the molecule is Cc1cc(C(=O)NCC(C)CN)nn1-c1ccccc1. The molecule has 3 N–H and O–H groups in total. The van der Waals surface area contributed by atoms with E-state index >= 15 is 0 Å². The lowest BCUT2D eigenvalue weighted by Crippen LogP contribution is -2.31. The monoisotopic (exact) mass is 272 g/mol. The van der Waals surface area contributed by atoms with Crippen LogP contribution in [0.3, 0.4) is 0 Å². The van der Waals surface area contributed by atoms with Gasteiger partial charge in [-0.05, 0) is 37.6 Å². The first kappa shape index (κ1) is 14.3. The molecule has 0 aliphatic carbocycles. The maximum Gasteiger partial charge on any atom is 0.271 e. The summed E-state index contributed by atoms with van der Waals surface area (Å²) in [4.78, 5) is 12.0. The maximum atomic E-state index is 12.0. The zero-order valence-electron chi connectivity index (χ0n) is 11.8. The highest BCUT2D eigenvalue weighted by Crippen LogP contribution is 2.11. The van der Waals surface area contributed by atoms with E-state index in [1.54, 1.807) is 10.7 Å². The lowest BCUT2D eigenvalue weighted by atomic mass is 10.2. The van der Waals surface area contributed by atoms with E-state index in [1.165, 1.54) is 0 Å². The molecule has 0 fully saturated rings. The maximum absolute atomic E-state index is 12.0. The third kappa shape index (κ3) is 3.24. The summed E-state index contributed by atoms with van der Waals surface area (Å²) >= 11 is 0. The topological polar surface area (TPSA) is 72.9 Å². The van der Waals surface area contributed by atoms with Crippen LogP contribution in [0.15, 0.2) is 36.4 Å². The number of carbonyl (C=O) groups excluding carboxylic acids is 1. The second-order valence-electron chi connectivity index (χ2n) is 4.97. The first-order valence-corrected chi connectivity index (χ1v) is 6.72. The molecule has 106 valence electrons. The van der Waals surface area contributed by atoms with Crippen molar-refractivity contribution < 1.29 is 4.79 Å². The van der Waals surface area contributed by atoms with E-state index in [0.29, 0.717) is 18.8 Å². The molecule has 1 atom stereocenters. The average Bonchev–Trinajstić information content (AvgIpc) is 2.87. The van der Waals surface area contributed by atoms with Gasteiger partial charge in [-0.1, -0.05) is 25.1 Å². The number of aromatic nitrogens is 2. The van der Waals surface area contributed by atoms with Crippen LogP contribution in [0, 0.1) is 12.8 Å². The molecule has 1 unspecified atom stereocenters. The van der Waals surface area contributed by atoms with Gasteiger partial charge in [-0.3, -0.25) is 4.79 Å². The van der Waals surface area contributed by atoms with Crippen LogP contribution in [-0.4, -0.2) is 28.8 Å². The Hall–Kier alpha value is -2.14. The van der Waals surface area contributed by atoms with Crippen LogP contribution in [0.1, 0.15) is 23.1 Å². The fourth-order valence-electron chi connectivity index (χ4n) is 1.86. The van der Waals surface area contributed by atoms with E-state index in [9.17, 15) is 4.79 Å². The molecule has 1 aromatic heterocycles. The average molecular weight is 272 g/mol. The van der Waals surface area contributed by atoms with Crippen molar-refractivity contribution in [1.29, 1.82) is 0 Å². The number of hydrogen-bond acceptors (Lipinski definition) is 3. The van der Waals surface area contributed by atoms with Crippen molar-refractivity contribution in [1.82, 2.24) is 15.1 Å².